The largest absolute Gasteiger partial charge is 0.457 e. The molecule has 0 atom stereocenters. The van der Waals surface area contributed by atoms with Crippen LogP contribution < -0.4 is 9.46 Å². The lowest BCUT2D eigenvalue weighted by atomic mass is 9.92. The average Bonchev–Trinajstić information content (AvgIpc) is 3.54. The van der Waals surface area contributed by atoms with Crippen molar-refractivity contribution < 1.29 is 27.9 Å². The van der Waals surface area contributed by atoms with E-state index in [2.05, 4.69) is 17.7 Å². The summed E-state index contributed by atoms with van der Waals surface area (Å²) >= 11 is 6.14. The van der Waals surface area contributed by atoms with Crippen molar-refractivity contribution in [2.75, 3.05) is 12.3 Å². The summed E-state index contributed by atoms with van der Waals surface area (Å²) in [5.41, 5.74) is 5.48. The smallest absolute Gasteiger partial charge is 0.264 e. The number of unbranched alkanes of at least 4 members (excludes halogenated alkanes) is 3. The molecule has 2 N–H and O–H groups in total. The molecule has 0 radical (unpaired) electrons. The van der Waals surface area contributed by atoms with Gasteiger partial charge in [0.1, 0.15) is 11.5 Å². The van der Waals surface area contributed by atoms with Crippen LogP contribution in [0.2, 0.25) is 5.02 Å². The number of aliphatic hydroxyl groups excluding tert-OH is 1. The van der Waals surface area contributed by atoms with Crippen molar-refractivity contribution in [2.24, 2.45) is 0 Å². The highest BCUT2D eigenvalue weighted by atomic mass is 35.5. The normalized spacial score (nSPS) is 12.7. The highest BCUT2D eigenvalue weighted by Crippen LogP contribution is 2.36. The van der Waals surface area contributed by atoms with Gasteiger partial charge in [0.25, 0.3) is 11.8 Å². The van der Waals surface area contributed by atoms with Gasteiger partial charge in [-0.2, -0.15) is 5.10 Å². The molecule has 2 amide bonds. The predicted molar refractivity (Wildman–Crippen MR) is 211 cm³/mol. The number of aromatic nitrogens is 2. The molecule has 0 fully saturated rings. The van der Waals surface area contributed by atoms with Gasteiger partial charge in [-0.25, -0.2) is 17.8 Å². The fourth-order valence-corrected chi connectivity index (χ4v) is 8.02. The molecule has 4 aromatic carbocycles. The van der Waals surface area contributed by atoms with Crippen molar-refractivity contribution in [1.29, 1.82) is 0 Å². The molecule has 1 aromatic heterocycles. The lowest BCUT2D eigenvalue weighted by molar-refractivity contribution is 0.0735. The van der Waals surface area contributed by atoms with E-state index in [0.717, 1.165) is 42.6 Å². The summed E-state index contributed by atoms with van der Waals surface area (Å²) < 4.78 is 35.6. The maximum atomic E-state index is 14.6. The van der Waals surface area contributed by atoms with Gasteiger partial charge in [0.15, 0.2) is 0 Å². The van der Waals surface area contributed by atoms with E-state index in [1.807, 2.05) is 61.5 Å². The molecule has 6 rings (SSSR count). The zero-order chi connectivity index (χ0) is 38.2. The Hall–Kier alpha value is -4.97. The second-order valence-electron chi connectivity index (χ2n) is 13.5. The van der Waals surface area contributed by atoms with E-state index >= 15 is 0 Å². The maximum Gasteiger partial charge on any atom is 0.264 e. The number of ether oxygens (including phenoxy) is 1. The highest BCUT2D eigenvalue weighted by Gasteiger charge is 2.29. The van der Waals surface area contributed by atoms with E-state index in [-0.39, 0.29) is 22.8 Å². The van der Waals surface area contributed by atoms with Crippen LogP contribution in [-0.2, 0) is 36.0 Å². The van der Waals surface area contributed by atoms with Gasteiger partial charge in [0.05, 0.1) is 29.4 Å². The first kappa shape index (κ1) is 38.7. The average molecular weight is 769 g/mol. The lowest BCUT2D eigenvalue weighted by Gasteiger charge is -2.29. The molecule has 1 aliphatic heterocycles. The molecule has 0 bridgehead atoms. The monoisotopic (exact) mass is 768 g/mol. The molecular formula is C42H45ClN4O6S. The fourth-order valence-electron chi connectivity index (χ4n) is 6.75. The maximum absolute atomic E-state index is 14.6. The minimum atomic E-state index is -3.88. The van der Waals surface area contributed by atoms with Crippen LogP contribution in [0.4, 0.5) is 0 Å². The Balaban J connectivity index is 1.42. The van der Waals surface area contributed by atoms with Gasteiger partial charge in [-0.3, -0.25) is 9.59 Å². The van der Waals surface area contributed by atoms with E-state index in [1.54, 1.807) is 27.8 Å². The number of sulfonamides is 1. The molecule has 54 heavy (non-hydrogen) atoms. The number of halogens is 1. The molecule has 0 spiro atoms. The molecule has 0 saturated heterocycles. The quantitative estimate of drug-likeness (QED) is 0.103. The summed E-state index contributed by atoms with van der Waals surface area (Å²) in [5, 5.41) is 16.2. The number of fused-ring (bicyclic) bond motifs is 1. The van der Waals surface area contributed by atoms with E-state index in [1.165, 1.54) is 17.7 Å². The summed E-state index contributed by atoms with van der Waals surface area (Å²) in [5.74, 6) is -0.0791. The van der Waals surface area contributed by atoms with E-state index in [0.29, 0.717) is 65.7 Å². The number of benzene rings is 4. The first-order valence-electron chi connectivity index (χ1n) is 18.4. The van der Waals surface area contributed by atoms with Crippen LogP contribution in [0.5, 0.6) is 11.5 Å². The number of nitrogens with one attached hydrogen (secondary N) is 1. The molecule has 10 nitrogen and oxygen atoms in total. The van der Waals surface area contributed by atoms with Crippen LogP contribution >= 0.6 is 11.6 Å². The van der Waals surface area contributed by atoms with Gasteiger partial charge in [-0.05, 0) is 97.0 Å². The minimum absolute atomic E-state index is 0.0434. The SMILES string of the molecule is CCCCCS(=O)(=O)NC(=O)c1ccc(-c2c(CO)nn(-c3ccc(Oc4cccc(Cl)c4)cc3)c2CCCC)c(C(=O)N2CCc3ccccc3C2)c1. The van der Waals surface area contributed by atoms with Crippen LogP contribution in [0.1, 0.15) is 89.2 Å². The Bertz CT molecular complexity index is 2240. The first-order chi connectivity index (χ1) is 26.1. The van der Waals surface area contributed by atoms with Crippen LogP contribution in [-0.4, -0.2) is 52.3 Å². The van der Waals surface area contributed by atoms with E-state index in [9.17, 15) is 23.1 Å². The van der Waals surface area contributed by atoms with Crippen LogP contribution in [0.15, 0.2) is 91.0 Å². The first-order valence-corrected chi connectivity index (χ1v) is 20.4. The molecular weight excluding hydrogens is 724 g/mol. The Morgan fingerprint density at radius 1 is 0.889 bits per heavy atom. The highest BCUT2D eigenvalue weighted by molar-refractivity contribution is 7.90. The summed E-state index contributed by atoms with van der Waals surface area (Å²) in [4.78, 5) is 29.8. The molecule has 0 aliphatic carbocycles. The number of hydrogen-bond donors (Lipinski definition) is 2. The molecule has 12 heteroatoms. The summed E-state index contributed by atoms with van der Waals surface area (Å²) in [7, 11) is -3.88. The number of carbonyl (C=O) groups excluding carboxylic acids is 2. The number of aliphatic hydroxyl groups is 1. The molecule has 0 unspecified atom stereocenters. The molecule has 282 valence electrons. The zero-order valence-corrected chi connectivity index (χ0v) is 32.1. The Labute approximate surface area is 321 Å². The van der Waals surface area contributed by atoms with Gasteiger partial charge in [0.2, 0.25) is 10.0 Å². The van der Waals surface area contributed by atoms with Gasteiger partial charge < -0.3 is 14.7 Å². The van der Waals surface area contributed by atoms with Crippen molar-refractivity contribution in [2.45, 2.75) is 71.9 Å². The second-order valence-corrected chi connectivity index (χ2v) is 15.7. The number of rotatable bonds is 15. The second kappa shape index (κ2) is 17.4. The fraction of sp³-hybridized carbons (Fsp3) is 0.310. The third kappa shape index (κ3) is 9.03. The molecule has 5 aromatic rings. The van der Waals surface area contributed by atoms with E-state index in [4.69, 9.17) is 21.4 Å². The summed E-state index contributed by atoms with van der Waals surface area (Å²) in [6, 6.07) is 27.2. The van der Waals surface area contributed by atoms with Crippen molar-refractivity contribution in [3.8, 4) is 28.3 Å². The standard InChI is InChI=1S/C42H45ClN4O6S/c1-3-5-9-24-54(51,52)45-41(49)30-16-21-36(37(25-30)42(50)46-23-22-29-11-7-8-12-31(29)27-46)40-38(28-48)44-47(39(40)15-6-4-2)33-17-19-34(20-18-33)53-35-14-10-13-32(43)26-35/h7-8,10-14,16-21,25-26,48H,3-6,9,15,22-24,27-28H2,1-2H3,(H,45,49). The van der Waals surface area contributed by atoms with Crippen molar-refractivity contribution in [3.63, 3.8) is 0 Å². The third-order valence-electron chi connectivity index (χ3n) is 9.55. The van der Waals surface area contributed by atoms with Gasteiger partial charge in [-0.1, -0.05) is 81.1 Å². The lowest BCUT2D eigenvalue weighted by Crippen LogP contribution is -2.36. The predicted octanol–water partition coefficient (Wildman–Crippen LogP) is 8.27. The topological polar surface area (TPSA) is 131 Å². The van der Waals surface area contributed by atoms with E-state index < -0.39 is 22.5 Å². The molecule has 0 saturated carbocycles. The number of nitrogens with zero attached hydrogens (tertiary/aromatic N) is 3. The number of hydrogen-bond acceptors (Lipinski definition) is 7. The third-order valence-corrected chi connectivity index (χ3v) is 11.1. The Morgan fingerprint density at radius 3 is 2.37 bits per heavy atom. The zero-order valence-electron chi connectivity index (χ0n) is 30.6. The van der Waals surface area contributed by atoms with Gasteiger partial charge in [-0.15, -0.1) is 0 Å². The Kier molecular flexibility index (Phi) is 12.5. The van der Waals surface area contributed by atoms with Crippen LogP contribution in [0, 0.1) is 0 Å². The van der Waals surface area contributed by atoms with Crippen molar-refractivity contribution in [3.05, 3.63) is 130 Å². The molecule has 1 aliphatic rings. The minimum Gasteiger partial charge on any atom is -0.457 e. The summed E-state index contributed by atoms with van der Waals surface area (Å²) in [6.45, 7) is 4.51. The van der Waals surface area contributed by atoms with Crippen molar-refractivity contribution >= 4 is 33.4 Å². The van der Waals surface area contributed by atoms with Crippen molar-refractivity contribution in [1.82, 2.24) is 19.4 Å². The summed E-state index contributed by atoms with van der Waals surface area (Å²) in [6.07, 6.45) is 4.95. The van der Waals surface area contributed by atoms with Gasteiger partial charge >= 0.3 is 0 Å². The molecule has 2 heterocycles. The number of amides is 2. The van der Waals surface area contributed by atoms with Crippen LogP contribution in [0.25, 0.3) is 16.8 Å². The number of carbonyl (C=O) groups is 2. The Morgan fingerprint density at radius 2 is 1.65 bits per heavy atom. The van der Waals surface area contributed by atoms with Gasteiger partial charge in [0, 0.05) is 34.8 Å². The van der Waals surface area contributed by atoms with Crippen LogP contribution in [0.3, 0.4) is 0 Å².